The number of sulfonamides is 1. The highest BCUT2D eigenvalue weighted by Crippen LogP contribution is 2.12. The van der Waals surface area contributed by atoms with Crippen LogP contribution in [0.15, 0.2) is 59.5 Å². The summed E-state index contributed by atoms with van der Waals surface area (Å²) in [5.41, 5.74) is 1.53. The predicted molar refractivity (Wildman–Crippen MR) is 104 cm³/mol. The summed E-state index contributed by atoms with van der Waals surface area (Å²) in [7, 11) is -3.63. The summed E-state index contributed by atoms with van der Waals surface area (Å²) < 4.78 is 27.5. The highest BCUT2D eigenvalue weighted by molar-refractivity contribution is 7.89. The highest BCUT2D eigenvalue weighted by Gasteiger charge is 2.15. The first-order valence-corrected chi connectivity index (χ1v) is 10.4. The summed E-state index contributed by atoms with van der Waals surface area (Å²) in [6.45, 7) is 2.98. The first-order chi connectivity index (χ1) is 12.5. The fourth-order valence-electron chi connectivity index (χ4n) is 2.51. The second-order valence-electron chi connectivity index (χ2n) is 6.12. The summed E-state index contributed by atoms with van der Waals surface area (Å²) in [6, 6.07) is 16.1. The summed E-state index contributed by atoms with van der Waals surface area (Å²) >= 11 is 0. The van der Waals surface area contributed by atoms with Gasteiger partial charge in [-0.2, -0.15) is 0 Å². The molecule has 0 fully saturated rings. The van der Waals surface area contributed by atoms with Crippen LogP contribution in [-0.4, -0.2) is 27.4 Å². The molecule has 0 saturated carbocycles. The smallest absolute Gasteiger partial charge is 0.251 e. The third kappa shape index (κ3) is 6.28. The van der Waals surface area contributed by atoms with Crippen LogP contribution in [0.2, 0.25) is 0 Å². The van der Waals surface area contributed by atoms with Gasteiger partial charge >= 0.3 is 0 Å². The SMILES string of the molecule is CCCCNC(=O)c1cccc(S(=O)(=O)NCCCc2ccccc2)c1. The lowest BCUT2D eigenvalue weighted by molar-refractivity contribution is 0.0953. The fraction of sp³-hybridized carbons (Fsp3) is 0.350. The first kappa shape index (κ1) is 20.1. The van der Waals surface area contributed by atoms with Crippen LogP contribution >= 0.6 is 0 Å². The molecule has 0 unspecified atom stereocenters. The quantitative estimate of drug-likeness (QED) is 0.628. The number of unbranched alkanes of at least 4 members (excludes halogenated alkanes) is 1. The van der Waals surface area contributed by atoms with Gasteiger partial charge in [0.25, 0.3) is 5.91 Å². The Morgan fingerprint density at radius 2 is 1.73 bits per heavy atom. The molecule has 2 aromatic carbocycles. The van der Waals surface area contributed by atoms with Crippen LogP contribution in [0, 0.1) is 0 Å². The minimum absolute atomic E-state index is 0.111. The molecule has 2 aromatic rings. The Hall–Kier alpha value is -2.18. The van der Waals surface area contributed by atoms with Crippen LogP contribution in [0.25, 0.3) is 0 Å². The van der Waals surface area contributed by atoms with Gasteiger partial charge in [-0.15, -0.1) is 0 Å². The van der Waals surface area contributed by atoms with Crippen molar-refractivity contribution in [2.75, 3.05) is 13.1 Å². The number of amides is 1. The van der Waals surface area contributed by atoms with Gasteiger partial charge in [-0.3, -0.25) is 4.79 Å². The maximum atomic E-state index is 12.4. The topological polar surface area (TPSA) is 75.3 Å². The lowest BCUT2D eigenvalue weighted by Crippen LogP contribution is -2.27. The first-order valence-electron chi connectivity index (χ1n) is 8.95. The Balaban J connectivity index is 1.91. The van der Waals surface area contributed by atoms with E-state index in [1.54, 1.807) is 12.1 Å². The molecule has 2 rings (SSSR count). The molecule has 6 heteroatoms. The van der Waals surface area contributed by atoms with Crippen molar-refractivity contribution in [2.24, 2.45) is 0 Å². The van der Waals surface area contributed by atoms with Crippen molar-refractivity contribution in [3.8, 4) is 0 Å². The molecule has 0 spiro atoms. The maximum Gasteiger partial charge on any atom is 0.251 e. The Bertz CT molecular complexity index is 805. The molecular weight excluding hydrogens is 348 g/mol. The molecule has 0 radical (unpaired) electrons. The predicted octanol–water partition coefficient (Wildman–Crippen LogP) is 3.13. The lowest BCUT2D eigenvalue weighted by Gasteiger charge is -2.09. The molecule has 0 saturated heterocycles. The van der Waals surface area contributed by atoms with Crippen molar-refractivity contribution in [3.05, 3.63) is 65.7 Å². The van der Waals surface area contributed by atoms with Crippen molar-refractivity contribution in [2.45, 2.75) is 37.5 Å². The van der Waals surface area contributed by atoms with Crippen molar-refractivity contribution in [3.63, 3.8) is 0 Å². The Labute approximate surface area is 155 Å². The number of nitrogens with one attached hydrogen (secondary N) is 2. The average Bonchev–Trinajstić information content (AvgIpc) is 2.66. The number of rotatable bonds is 10. The van der Waals surface area contributed by atoms with Crippen molar-refractivity contribution >= 4 is 15.9 Å². The Kier molecular flexibility index (Phi) is 7.81. The van der Waals surface area contributed by atoms with E-state index >= 15 is 0 Å². The molecule has 0 atom stereocenters. The molecule has 0 aliphatic carbocycles. The number of aryl methyl sites for hydroxylation is 1. The van der Waals surface area contributed by atoms with Gasteiger partial charge in [0.15, 0.2) is 0 Å². The van der Waals surface area contributed by atoms with Crippen molar-refractivity contribution in [1.82, 2.24) is 10.0 Å². The minimum Gasteiger partial charge on any atom is -0.352 e. The molecule has 140 valence electrons. The van der Waals surface area contributed by atoms with Crippen LogP contribution in [0.5, 0.6) is 0 Å². The molecule has 0 aliphatic heterocycles. The van der Waals surface area contributed by atoms with E-state index in [0.29, 0.717) is 25.1 Å². The monoisotopic (exact) mass is 374 g/mol. The molecule has 0 heterocycles. The summed E-state index contributed by atoms with van der Waals surface area (Å²) in [6.07, 6.45) is 3.40. The molecule has 0 aliphatic rings. The van der Waals surface area contributed by atoms with E-state index in [0.717, 1.165) is 19.3 Å². The van der Waals surface area contributed by atoms with E-state index < -0.39 is 10.0 Å². The molecule has 0 bridgehead atoms. The lowest BCUT2D eigenvalue weighted by atomic mass is 10.1. The zero-order valence-corrected chi connectivity index (χ0v) is 15.9. The Morgan fingerprint density at radius 3 is 2.46 bits per heavy atom. The number of benzene rings is 2. The molecule has 0 aromatic heterocycles. The zero-order valence-electron chi connectivity index (χ0n) is 15.1. The van der Waals surface area contributed by atoms with E-state index in [2.05, 4.69) is 10.0 Å². The number of hydrogen-bond acceptors (Lipinski definition) is 3. The zero-order chi connectivity index (χ0) is 18.8. The molecule has 26 heavy (non-hydrogen) atoms. The van der Waals surface area contributed by atoms with Crippen molar-refractivity contribution in [1.29, 1.82) is 0 Å². The summed E-state index contributed by atoms with van der Waals surface area (Å²) in [5, 5.41) is 2.79. The minimum atomic E-state index is -3.63. The second kappa shape index (κ2) is 10.1. The van der Waals surface area contributed by atoms with Gasteiger partial charge in [0.05, 0.1) is 4.90 Å². The van der Waals surface area contributed by atoms with Crippen LogP contribution in [0.1, 0.15) is 42.1 Å². The third-order valence-corrected chi connectivity index (χ3v) is 5.46. The number of hydrogen-bond donors (Lipinski definition) is 2. The fourth-order valence-corrected chi connectivity index (χ4v) is 3.63. The van der Waals surface area contributed by atoms with Crippen LogP contribution in [-0.2, 0) is 16.4 Å². The van der Waals surface area contributed by atoms with Gasteiger partial charge in [0.1, 0.15) is 0 Å². The van der Waals surface area contributed by atoms with Gasteiger partial charge in [-0.25, -0.2) is 13.1 Å². The molecule has 2 N–H and O–H groups in total. The van der Waals surface area contributed by atoms with Crippen LogP contribution in [0.3, 0.4) is 0 Å². The maximum absolute atomic E-state index is 12.4. The molecule has 1 amide bonds. The van der Waals surface area contributed by atoms with Crippen molar-refractivity contribution < 1.29 is 13.2 Å². The highest BCUT2D eigenvalue weighted by atomic mass is 32.2. The third-order valence-electron chi connectivity index (χ3n) is 4.00. The van der Waals surface area contributed by atoms with E-state index in [4.69, 9.17) is 0 Å². The Morgan fingerprint density at radius 1 is 0.962 bits per heavy atom. The largest absolute Gasteiger partial charge is 0.352 e. The van der Waals surface area contributed by atoms with Gasteiger partial charge in [0.2, 0.25) is 10.0 Å². The standard InChI is InChI=1S/C20H26N2O3S/c1-2-3-14-21-20(23)18-12-7-13-19(16-18)26(24,25)22-15-8-11-17-9-5-4-6-10-17/h4-7,9-10,12-13,16,22H,2-3,8,11,14-15H2,1H3,(H,21,23). The molecular formula is C20H26N2O3S. The van der Waals surface area contributed by atoms with Gasteiger partial charge in [-0.05, 0) is 43.0 Å². The normalized spacial score (nSPS) is 11.3. The van der Waals surface area contributed by atoms with E-state index in [1.807, 2.05) is 37.3 Å². The van der Waals surface area contributed by atoms with Gasteiger partial charge in [-0.1, -0.05) is 49.7 Å². The summed E-state index contributed by atoms with van der Waals surface area (Å²) in [4.78, 5) is 12.2. The number of carbonyl (C=O) groups excluding carboxylic acids is 1. The van der Waals surface area contributed by atoms with E-state index in [-0.39, 0.29) is 10.8 Å². The second-order valence-corrected chi connectivity index (χ2v) is 7.89. The van der Waals surface area contributed by atoms with Gasteiger partial charge in [0, 0.05) is 18.7 Å². The van der Waals surface area contributed by atoms with E-state index in [9.17, 15) is 13.2 Å². The van der Waals surface area contributed by atoms with Crippen LogP contribution in [0.4, 0.5) is 0 Å². The van der Waals surface area contributed by atoms with Crippen LogP contribution < -0.4 is 10.0 Å². The number of carbonyl (C=O) groups is 1. The molecule has 5 nitrogen and oxygen atoms in total. The van der Waals surface area contributed by atoms with E-state index in [1.165, 1.54) is 17.7 Å². The van der Waals surface area contributed by atoms with Gasteiger partial charge < -0.3 is 5.32 Å². The average molecular weight is 375 g/mol. The summed E-state index contributed by atoms with van der Waals surface area (Å²) in [5.74, 6) is -0.250.